The van der Waals surface area contributed by atoms with Crippen molar-refractivity contribution in [2.45, 2.75) is 20.8 Å². The highest BCUT2D eigenvalue weighted by atomic mass is 32.1. The summed E-state index contributed by atoms with van der Waals surface area (Å²) in [5.74, 6) is 0.877. The van der Waals surface area contributed by atoms with Crippen LogP contribution in [0.2, 0.25) is 0 Å². The van der Waals surface area contributed by atoms with Crippen molar-refractivity contribution in [1.82, 2.24) is 4.98 Å². The third-order valence-corrected chi connectivity index (χ3v) is 3.91. The molecule has 18 heavy (non-hydrogen) atoms. The molecule has 0 saturated carbocycles. The molecule has 4 heteroatoms. The van der Waals surface area contributed by atoms with Gasteiger partial charge in [0.05, 0.1) is 18.3 Å². The first-order valence-electron chi connectivity index (χ1n) is 5.58. The van der Waals surface area contributed by atoms with E-state index in [0.29, 0.717) is 4.88 Å². The smallest absolute Gasteiger partial charge is 0.132 e. The Hall–Kier alpha value is -1.86. The second-order valence-electron chi connectivity index (χ2n) is 4.16. The van der Waals surface area contributed by atoms with E-state index in [1.165, 1.54) is 11.3 Å². The molecule has 1 heterocycles. The van der Waals surface area contributed by atoms with Gasteiger partial charge < -0.3 is 4.74 Å². The van der Waals surface area contributed by atoms with Crippen LogP contribution in [-0.4, -0.2) is 12.1 Å². The van der Waals surface area contributed by atoms with E-state index < -0.39 is 0 Å². The highest BCUT2D eigenvalue weighted by molar-refractivity contribution is 7.10. The van der Waals surface area contributed by atoms with E-state index in [1.54, 1.807) is 12.6 Å². The monoisotopic (exact) mass is 258 g/mol. The Morgan fingerprint density at radius 1 is 1.28 bits per heavy atom. The van der Waals surface area contributed by atoms with Gasteiger partial charge in [-0.25, -0.2) is 4.98 Å². The molecule has 0 amide bonds. The molecule has 2 rings (SSSR count). The standard InChI is InChI=1S/C14H14N2OS/c1-8-5-11(17-4)9(2)10(3)13(8)14-12(6-15)18-7-16-14/h5,7H,1-4H3. The lowest BCUT2D eigenvalue weighted by Gasteiger charge is -2.14. The molecular weight excluding hydrogens is 244 g/mol. The van der Waals surface area contributed by atoms with Gasteiger partial charge in [-0.15, -0.1) is 11.3 Å². The van der Waals surface area contributed by atoms with Crippen LogP contribution >= 0.6 is 11.3 Å². The molecule has 92 valence electrons. The molecule has 0 aliphatic heterocycles. The quantitative estimate of drug-likeness (QED) is 0.826. The second-order valence-corrected chi connectivity index (χ2v) is 5.02. The lowest BCUT2D eigenvalue weighted by Crippen LogP contribution is -1.97. The molecule has 0 atom stereocenters. The largest absolute Gasteiger partial charge is 0.496 e. The topological polar surface area (TPSA) is 45.9 Å². The Bertz CT molecular complexity index is 638. The van der Waals surface area contributed by atoms with E-state index in [9.17, 15) is 0 Å². The second kappa shape index (κ2) is 4.79. The number of rotatable bonds is 2. The van der Waals surface area contributed by atoms with Crippen molar-refractivity contribution in [1.29, 1.82) is 5.26 Å². The van der Waals surface area contributed by atoms with Crippen molar-refractivity contribution < 1.29 is 4.74 Å². The normalized spacial score (nSPS) is 10.2. The van der Waals surface area contributed by atoms with Crippen LogP contribution in [0.1, 0.15) is 21.6 Å². The van der Waals surface area contributed by atoms with E-state index in [-0.39, 0.29) is 0 Å². The Kier molecular flexibility index (Phi) is 3.35. The van der Waals surface area contributed by atoms with Crippen LogP contribution in [0.4, 0.5) is 0 Å². The SMILES string of the molecule is COc1cc(C)c(-c2ncsc2C#N)c(C)c1C. The summed E-state index contributed by atoms with van der Waals surface area (Å²) in [6.07, 6.45) is 0. The molecule has 0 unspecified atom stereocenters. The summed E-state index contributed by atoms with van der Waals surface area (Å²) < 4.78 is 5.35. The maximum absolute atomic E-state index is 9.12. The molecule has 1 aromatic carbocycles. The summed E-state index contributed by atoms with van der Waals surface area (Å²) in [6.45, 7) is 6.08. The number of methoxy groups -OCH3 is 1. The summed E-state index contributed by atoms with van der Waals surface area (Å²) in [5.41, 5.74) is 6.84. The van der Waals surface area contributed by atoms with Crippen molar-refractivity contribution in [2.24, 2.45) is 0 Å². The highest BCUT2D eigenvalue weighted by Crippen LogP contribution is 2.36. The highest BCUT2D eigenvalue weighted by Gasteiger charge is 2.17. The minimum Gasteiger partial charge on any atom is -0.496 e. The van der Waals surface area contributed by atoms with Gasteiger partial charge in [0.2, 0.25) is 0 Å². The summed E-state index contributed by atoms with van der Waals surface area (Å²) in [6, 6.07) is 4.20. The number of thiazole rings is 1. The molecule has 0 radical (unpaired) electrons. The fourth-order valence-electron chi connectivity index (χ4n) is 2.13. The summed E-state index contributed by atoms with van der Waals surface area (Å²) in [4.78, 5) is 4.99. The van der Waals surface area contributed by atoms with Crippen molar-refractivity contribution in [3.05, 3.63) is 33.1 Å². The van der Waals surface area contributed by atoms with Gasteiger partial charge in [0.1, 0.15) is 16.7 Å². The van der Waals surface area contributed by atoms with E-state index in [2.05, 4.69) is 11.1 Å². The number of nitrogens with zero attached hydrogens (tertiary/aromatic N) is 2. The Labute approximate surface area is 111 Å². The van der Waals surface area contributed by atoms with Crippen molar-refractivity contribution in [2.75, 3.05) is 7.11 Å². The number of ether oxygens (including phenoxy) is 1. The van der Waals surface area contributed by atoms with Gasteiger partial charge in [-0.1, -0.05) is 0 Å². The van der Waals surface area contributed by atoms with Gasteiger partial charge >= 0.3 is 0 Å². The number of benzene rings is 1. The van der Waals surface area contributed by atoms with Crippen molar-refractivity contribution >= 4 is 11.3 Å². The first-order valence-corrected chi connectivity index (χ1v) is 6.46. The van der Waals surface area contributed by atoms with Crippen molar-refractivity contribution in [3.8, 4) is 23.1 Å². The lowest BCUT2D eigenvalue weighted by atomic mass is 9.94. The van der Waals surface area contributed by atoms with Crippen LogP contribution in [0.25, 0.3) is 11.3 Å². The molecule has 0 spiro atoms. The molecule has 0 bridgehead atoms. The Balaban J connectivity index is 2.74. The number of hydrogen-bond donors (Lipinski definition) is 0. The average Bonchev–Trinajstić information content (AvgIpc) is 2.82. The zero-order valence-corrected chi connectivity index (χ0v) is 11.7. The first-order chi connectivity index (χ1) is 8.60. The van der Waals surface area contributed by atoms with E-state index in [4.69, 9.17) is 10.00 Å². The third kappa shape index (κ3) is 1.87. The maximum Gasteiger partial charge on any atom is 0.132 e. The van der Waals surface area contributed by atoms with Gasteiger partial charge in [0.15, 0.2) is 0 Å². The van der Waals surface area contributed by atoms with Crippen LogP contribution in [0, 0.1) is 32.1 Å². The molecule has 1 aromatic heterocycles. The van der Waals surface area contributed by atoms with Gasteiger partial charge in [-0.3, -0.25) is 0 Å². The Morgan fingerprint density at radius 3 is 2.61 bits per heavy atom. The molecule has 0 aliphatic rings. The number of hydrogen-bond acceptors (Lipinski definition) is 4. The fourth-order valence-corrected chi connectivity index (χ4v) is 2.71. The van der Waals surface area contributed by atoms with Crippen LogP contribution in [0.3, 0.4) is 0 Å². The number of aryl methyl sites for hydroxylation is 1. The summed E-state index contributed by atoms with van der Waals surface area (Å²) >= 11 is 1.37. The van der Waals surface area contributed by atoms with Crippen LogP contribution in [0.15, 0.2) is 11.6 Å². The molecular formula is C14H14N2OS. The molecule has 0 aliphatic carbocycles. The fraction of sp³-hybridized carbons (Fsp3) is 0.286. The zero-order chi connectivity index (χ0) is 13.3. The molecule has 2 aromatic rings. The molecule has 0 saturated heterocycles. The summed E-state index contributed by atoms with van der Waals surface area (Å²) in [5, 5.41) is 9.12. The van der Waals surface area contributed by atoms with E-state index >= 15 is 0 Å². The predicted octanol–water partition coefficient (Wildman–Crippen LogP) is 3.62. The van der Waals surface area contributed by atoms with Gasteiger partial charge in [0, 0.05) is 5.56 Å². The average molecular weight is 258 g/mol. The van der Waals surface area contributed by atoms with Gasteiger partial charge in [-0.05, 0) is 43.5 Å². The van der Waals surface area contributed by atoms with E-state index in [0.717, 1.165) is 33.7 Å². The van der Waals surface area contributed by atoms with Gasteiger partial charge in [0.25, 0.3) is 0 Å². The molecule has 3 nitrogen and oxygen atoms in total. The third-order valence-electron chi connectivity index (χ3n) is 3.17. The summed E-state index contributed by atoms with van der Waals surface area (Å²) in [7, 11) is 1.67. The number of nitriles is 1. The number of aromatic nitrogens is 1. The van der Waals surface area contributed by atoms with Crippen molar-refractivity contribution in [3.63, 3.8) is 0 Å². The zero-order valence-electron chi connectivity index (χ0n) is 10.9. The minimum absolute atomic E-state index is 0.658. The lowest BCUT2D eigenvalue weighted by molar-refractivity contribution is 0.411. The van der Waals surface area contributed by atoms with Gasteiger partial charge in [-0.2, -0.15) is 5.26 Å². The predicted molar refractivity (Wildman–Crippen MR) is 73.0 cm³/mol. The van der Waals surface area contributed by atoms with Crippen LogP contribution in [0.5, 0.6) is 5.75 Å². The van der Waals surface area contributed by atoms with Crippen LogP contribution in [-0.2, 0) is 0 Å². The minimum atomic E-state index is 0.658. The first kappa shape index (κ1) is 12.6. The maximum atomic E-state index is 9.12. The molecule has 0 N–H and O–H groups in total. The Morgan fingerprint density at radius 2 is 2.00 bits per heavy atom. The van der Waals surface area contributed by atoms with Crippen LogP contribution < -0.4 is 4.74 Å². The molecule has 0 fully saturated rings. The van der Waals surface area contributed by atoms with E-state index in [1.807, 2.05) is 26.8 Å².